The van der Waals surface area contributed by atoms with Gasteiger partial charge in [0.15, 0.2) is 0 Å². The largest absolute Gasteiger partial charge is 0.430 e. The first-order valence-corrected chi connectivity index (χ1v) is 10.9. The fraction of sp³-hybridized carbons (Fsp3) is 0.400. The van der Waals surface area contributed by atoms with Crippen LogP contribution >= 0.6 is 0 Å². The van der Waals surface area contributed by atoms with E-state index in [9.17, 15) is 39.9 Å². The Bertz CT molecular complexity index is 1050. The van der Waals surface area contributed by atoms with Gasteiger partial charge in [-0.15, -0.1) is 0 Å². The van der Waals surface area contributed by atoms with Gasteiger partial charge in [0.2, 0.25) is 10.0 Å². The van der Waals surface area contributed by atoms with Gasteiger partial charge in [-0.1, -0.05) is 30.3 Å². The zero-order valence-electron chi connectivity index (χ0n) is 16.8. The number of aliphatic hydroxyl groups is 1. The number of piperazine rings is 1. The van der Waals surface area contributed by atoms with Crippen LogP contribution in [0, 0.1) is 6.92 Å². The molecule has 1 N–H and O–H groups in total. The third kappa shape index (κ3) is 4.18. The topological polar surface area (TPSA) is 60.9 Å². The lowest BCUT2D eigenvalue weighted by molar-refractivity contribution is -0.376. The van der Waals surface area contributed by atoms with Gasteiger partial charge >= 0.3 is 12.4 Å². The molecule has 1 aliphatic rings. The van der Waals surface area contributed by atoms with E-state index < -0.39 is 33.5 Å². The number of halogens is 6. The Morgan fingerprint density at radius 2 is 1.31 bits per heavy atom. The number of rotatable bonds is 4. The number of nitrogens with zero attached hydrogens (tertiary/aromatic N) is 2. The van der Waals surface area contributed by atoms with E-state index in [1.807, 2.05) is 0 Å². The molecule has 5 nitrogen and oxygen atoms in total. The summed E-state index contributed by atoms with van der Waals surface area (Å²) in [6.07, 6.45) is -11.9. The first-order valence-electron chi connectivity index (χ1n) is 9.46. The predicted octanol–water partition coefficient (Wildman–Crippen LogP) is 3.82. The summed E-state index contributed by atoms with van der Waals surface area (Å²) >= 11 is 0. The van der Waals surface area contributed by atoms with Gasteiger partial charge in [0.05, 0.1) is 4.90 Å². The maximum atomic E-state index is 13.0. The Morgan fingerprint density at radius 3 is 1.78 bits per heavy atom. The fourth-order valence-electron chi connectivity index (χ4n) is 3.57. The standard InChI is InChI=1S/C20H20F6N2O3S/c1-14-4-2-3-5-17(14)32(30,31)28-12-10-27(11-13-28)16-8-6-15(7-9-16)18(29,19(21,22)23)20(24,25)26/h2-9,29H,10-13H2,1H3. The van der Waals surface area contributed by atoms with Crippen LogP contribution in [0.3, 0.4) is 0 Å². The molecule has 176 valence electrons. The second-order valence-electron chi connectivity index (χ2n) is 7.41. The summed E-state index contributed by atoms with van der Waals surface area (Å²) in [6.45, 7) is 2.23. The molecule has 0 atom stereocenters. The molecular formula is C20H20F6N2O3S. The highest BCUT2D eigenvalue weighted by Crippen LogP contribution is 2.50. The van der Waals surface area contributed by atoms with Crippen LogP contribution in [0.1, 0.15) is 11.1 Å². The van der Waals surface area contributed by atoms with Crippen LogP contribution in [0.15, 0.2) is 53.4 Å². The van der Waals surface area contributed by atoms with E-state index >= 15 is 0 Å². The minimum absolute atomic E-state index is 0.0907. The van der Waals surface area contributed by atoms with Crippen LogP contribution in [-0.4, -0.2) is 56.4 Å². The number of anilines is 1. The van der Waals surface area contributed by atoms with Crippen LogP contribution < -0.4 is 4.90 Å². The smallest absolute Gasteiger partial charge is 0.369 e. The highest BCUT2D eigenvalue weighted by molar-refractivity contribution is 7.89. The molecule has 0 spiro atoms. The van der Waals surface area contributed by atoms with E-state index in [4.69, 9.17) is 0 Å². The van der Waals surface area contributed by atoms with E-state index in [0.29, 0.717) is 23.4 Å². The molecule has 0 radical (unpaired) electrons. The lowest BCUT2D eigenvalue weighted by Crippen LogP contribution is -2.54. The molecule has 0 amide bonds. The highest BCUT2D eigenvalue weighted by Gasteiger charge is 2.71. The Balaban J connectivity index is 1.77. The minimum atomic E-state index is -5.96. The molecule has 0 bridgehead atoms. The van der Waals surface area contributed by atoms with Crippen molar-refractivity contribution in [2.75, 3.05) is 31.1 Å². The molecule has 1 heterocycles. The zero-order valence-corrected chi connectivity index (χ0v) is 17.6. The molecule has 12 heteroatoms. The molecule has 0 unspecified atom stereocenters. The summed E-state index contributed by atoms with van der Waals surface area (Å²) in [5, 5.41) is 9.47. The van der Waals surface area contributed by atoms with Crippen LogP contribution in [0.2, 0.25) is 0 Å². The summed E-state index contributed by atoms with van der Waals surface area (Å²) in [5.41, 5.74) is -5.43. The van der Waals surface area contributed by atoms with Gasteiger partial charge in [-0.2, -0.15) is 30.6 Å². The third-order valence-electron chi connectivity index (χ3n) is 5.42. The van der Waals surface area contributed by atoms with Gasteiger partial charge in [-0.25, -0.2) is 8.42 Å². The summed E-state index contributed by atoms with van der Waals surface area (Å²) in [4.78, 5) is 1.82. The molecule has 0 aromatic heterocycles. The van der Waals surface area contributed by atoms with Crippen molar-refractivity contribution in [3.05, 3.63) is 59.7 Å². The number of alkyl halides is 6. The number of aryl methyl sites for hydroxylation is 1. The second-order valence-corrected chi connectivity index (χ2v) is 9.32. The molecule has 0 saturated carbocycles. The molecule has 1 fully saturated rings. The van der Waals surface area contributed by atoms with Crippen LogP contribution in [0.5, 0.6) is 0 Å². The van der Waals surface area contributed by atoms with Crippen molar-refractivity contribution >= 4 is 15.7 Å². The van der Waals surface area contributed by atoms with Crippen molar-refractivity contribution in [2.45, 2.75) is 29.8 Å². The SMILES string of the molecule is Cc1ccccc1S(=O)(=O)N1CCN(c2ccc(C(O)(C(F)(F)F)C(F)(F)F)cc2)CC1. The lowest BCUT2D eigenvalue weighted by Gasteiger charge is -2.36. The monoisotopic (exact) mass is 482 g/mol. The summed E-state index contributed by atoms with van der Waals surface area (Å²) in [7, 11) is -3.73. The van der Waals surface area contributed by atoms with Crippen molar-refractivity contribution in [1.82, 2.24) is 4.31 Å². The lowest BCUT2D eigenvalue weighted by atomic mass is 9.92. The van der Waals surface area contributed by atoms with Gasteiger partial charge in [-0.05, 0) is 30.7 Å². The van der Waals surface area contributed by atoms with E-state index in [2.05, 4.69) is 0 Å². The average Bonchev–Trinajstić information content (AvgIpc) is 2.72. The second kappa shape index (κ2) is 8.23. The van der Waals surface area contributed by atoms with E-state index in [0.717, 1.165) is 12.1 Å². The fourth-order valence-corrected chi connectivity index (χ4v) is 5.22. The molecule has 32 heavy (non-hydrogen) atoms. The maximum Gasteiger partial charge on any atom is 0.430 e. The quantitative estimate of drug-likeness (QED) is 0.674. The van der Waals surface area contributed by atoms with Crippen molar-refractivity contribution in [3.63, 3.8) is 0 Å². The molecule has 1 saturated heterocycles. The zero-order chi connectivity index (χ0) is 23.9. The van der Waals surface area contributed by atoms with Crippen LogP contribution in [0.4, 0.5) is 32.0 Å². The summed E-state index contributed by atoms with van der Waals surface area (Å²) in [5.74, 6) is 0. The van der Waals surface area contributed by atoms with Crippen molar-refractivity contribution < 1.29 is 39.9 Å². The van der Waals surface area contributed by atoms with Gasteiger partial charge in [-0.3, -0.25) is 0 Å². The molecule has 2 aromatic carbocycles. The maximum absolute atomic E-state index is 13.0. The summed E-state index contributed by atoms with van der Waals surface area (Å²) < 4.78 is 105. The van der Waals surface area contributed by atoms with Gasteiger partial charge in [0.1, 0.15) is 0 Å². The van der Waals surface area contributed by atoms with Crippen LogP contribution in [-0.2, 0) is 15.6 Å². The molecule has 3 rings (SSSR count). The number of benzene rings is 2. The average molecular weight is 482 g/mol. The van der Waals surface area contributed by atoms with E-state index in [-0.39, 0.29) is 31.1 Å². The minimum Gasteiger partial charge on any atom is -0.369 e. The first kappa shape index (κ1) is 24.3. The van der Waals surface area contributed by atoms with E-state index in [1.54, 1.807) is 30.0 Å². The molecule has 1 aliphatic heterocycles. The third-order valence-corrected chi connectivity index (χ3v) is 7.48. The molecule has 2 aromatic rings. The first-order chi connectivity index (χ1) is 14.7. The van der Waals surface area contributed by atoms with Gasteiger partial charge in [0, 0.05) is 37.4 Å². The van der Waals surface area contributed by atoms with Crippen molar-refractivity contribution in [3.8, 4) is 0 Å². The number of sulfonamides is 1. The Hall–Kier alpha value is -2.31. The van der Waals surface area contributed by atoms with Crippen LogP contribution in [0.25, 0.3) is 0 Å². The van der Waals surface area contributed by atoms with E-state index in [1.165, 1.54) is 10.4 Å². The van der Waals surface area contributed by atoms with Crippen molar-refractivity contribution in [1.29, 1.82) is 0 Å². The summed E-state index contributed by atoms with van der Waals surface area (Å²) in [6, 6.07) is 9.74. The number of hydrogen-bond acceptors (Lipinski definition) is 4. The number of hydrogen-bond donors (Lipinski definition) is 1. The normalized spacial score (nSPS) is 16.9. The van der Waals surface area contributed by atoms with Crippen molar-refractivity contribution in [2.24, 2.45) is 0 Å². The predicted molar refractivity (Wildman–Crippen MR) is 105 cm³/mol. The Labute approximate surface area is 180 Å². The van der Waals surface area contributed by atoms with Gasteiger partial charge in [0.25, 0.3) is 5.60 Å². The molecule has 0 aliphatic carbocycles. The van der Waals surface area contributed by atoms with Gasteiger partial charge < -0.3 is 10.0 Å². The molecular weight excluding hydrogens is 462 g/mol. The Morgan fingerprint density at radius 1 is 0.812 bits per heavy atom. The Kier molecular flexibility index (Phi) is 6.26. The highest BCUT2D eigenvalue weighted by atomic mass is 32.2.